The summed E-state index contributed by atoms with van der Waals surface area (Å²) in [4.78, 5) is 61.7. The molecule has 0 aliphatic carbocycles. The fourth-order valence-corrected chi connectivity index (χ4v) is 3.99. The number of aldehydes is 1. The number of ketones is 1. The zero-order valence-electron chi connectivity index (χ0n) is 22.4. The molecule has 10 nitrogen and oxygen atoms in total. The van der Waals surface area contributed by atoms with Gasteiger partial charge in [0.05, 0.1) is 12.6 Å². The molecule has 0 aliphatic rings. The van der Waals surface area contributed by atoms with Gasteiger partial charge in [0.15, 0.2) is 5.78 Å². The Morgan fingerprint density at radius 3 is 2.10 bits per heavy atom. The second kappa shape index (κ2) is 16.6. The van der Waals surface area contributed by atoms with E-state index < -0.39 is 48.4 Å². The summed E-state index contributed by atoms with van der Waals surface area (Å²) in [6, 6.07) is 10.7. The van der Waals surface area contributed by atoms with E-state index in [1.54, 1.807) is 44.2 Å². The summed E-state index contributed by atoms with van der Waals surface area (Å²) < 4.78 is 10.6. The highest BCUT2D eigenvalue weighted by Crippen LogP contribution is 2.24. The molecule has 3 N–H and O–H groups in total. The van der Waals surface area contributed by atoms with Crippen molar-refractivity contribution in [3.05, 3.63) is 69.7 Å². The molecule has 40 heavy (non-hydrogen) atoms. The third-order valence-corrected chi connectivity index (χ3v) is 6.48. The Morgan fingerprint density at radius 2 is 1.50 bits per heavy atom. The normalized spacial score (nSPS) is 13.1. The molecule has 0 aromatic heterocycles. The van der Waals surface area contributed by atoms with E-state index >= 15 is 0 Å². The van der Waals surface area contributed by atoms with Crippen molar-refractivity contribution in [2.75, 3.05) is 6.61 Å². The maximum Gasteiger partial charge on any atom is 0.408 e. The summed E-state index contributed by atoms with van der Waals surface area (Å²) in [7, 11) is 0. The van der Waals surface area contributed by atoms with Gasteiger partial charge in [0.2, 0.25) is 11.8 Å². The van der Waals surface area contributed by atoms with Crippen molar-refractivity contribution >= 4 is 53.2 Å². The van der Waals surface area contributed by atoms with Crippen LogP contribution in [0.4, 0.5) is 4.79 Å². The largest absolute Gasteiger partial charge is 0.445 e. The van der Waals surface area contributed by atoms with Crippen LogP contribution >= 0.6 is 23.2 Å². The maximum absolute atomic E-state index is 12.9. The number of carbonyl (C=O) groups is 5. The minimum Gasteiger partial charge on any atom is -0.445 e. The molecular formula is C28H33Cl2N3O7. The van der Waals surface area contributed by atoms with Gasteiger partial charge in [-0.05, 0) is 30.5 Å². The van der Waals surface area contributed by atoms with Crippen LogP contribution in [0.1, 0.15) is 38.3 Å². The number of nitrogens with one attached hydrogen (secondary N) is 3. The van der Waals surface area contributed by atoms with Gasteiger partial charge < -0.3 is 30.2 Å². The molecule has 216 valence electrons. The molecule has 2 rings (SSSR count). The quantitative estimate of drug-likeness (QED) is 0.268. The van der Waals surface area contributed by atoms with Gasteiger partial charge in [-0.25, -0.2) is 4.79 Å². The van der Waals surface area contributed by atoms with Crippen LogP contribution in [0.25, 0.3) is 0 Å². The van der Waals surface area contributed by atoms with Crippen molar-refractivity contribution in [2.24, 2.45) is 5.92 Å². The molecule has 0 saturated heterocycles. The summed E-state index contributed by atoms with van der Waals surface area (Å²) in [6.07, 6.45) is -0.577. The number of alkyl carbamates (subject to hydrolysis) is 1. The van der Waals surface area contributed by atoms with Gasteiger partial charge in [-0.15, -0.1) is 0 Å². The van der Waals surface area contributed by atoms with Crippen molar-refractivity contribution in [3.63, 3.8) is 0 Å². The van der Waals surface area contributed by atoms with Gasteiger partial charge in [-0.1, -0.05) is 73.4 Å². The molecule has 1 unspecified atom stereocenters. The van der Waals surface area contributed by atoms with E-state index in [1.807, 2.05) is 18.2 Å². The Labute approximate surface area is 243 Å². The molecular weight excluding hydrogens is 561 g/mol. The van der Waals surface area contributed by atoms with Crippen LogP contribution in [0.3, 0.4) is 0 Å². The number of hydrogen-bond acceptors (Lipinski definition) is 7. The molecule has 3 amide bonds. The Bertz CT molecular complexity index is 1160. The molecule has 0 bridgehead atoms. The highest BCUT2D eigenvalue weighted by Gasteiger charge is 2.29. The Morgan fingerprint density at radius 1 is 0.850 bits per heavy atom. The standard InChI is InChI=1S/C28H33Cl2N3O7/c1-17(2)25(33-28(38)40-14-19-8-5-4-6-9-19)27(37)31-18(3)26(36)32-23(12-13-34)24(35)16-39-15-20-21(29)10-7-11-22(20)30/h4-11,13,17-18,23,25H,12,14-16H2,1-3H3,(H,31,37)(H,32,36)(H,33,38)/t18-,23-,25?/m0/s1. The van der Waals surface area contributed by atoms with E-state index in [2.05, 4.69) is 16.0 Å². The first-order valence-corrected chi connectivity index (χ1v) is 13.3. The summed E-state index contributed by atoms with van der Waals surface area (Å²) in [5.74, 6) is -2.19. The van der Waals surface area contributed by atoms with Crippen LogP contribution < -0.4 is 16.0 Å². The number of Topliss-reactive ketones (excluding diaryl/α,β-unsaturated/α-hetero) is 1. The monoisotopic (exact) mass is 593 g/mol. The highest BCUT2D eigenvalue weighted by molar-refractivity contribution is 6.35. The van der Waals surface area contributed by atoms with Gasteiger partial charge >= 0.3 is 6.09 Å². The molecule has 0 heterocycles. The number of amides is 3. The predicted molar refractivity (Wildman–Crippen MR) is 150 cm³/mol. The van der Waals surface area contributed by atoms with Crippen molar-refractivity contribution in [1.29, 1.82) is 0 Å². The average Bonchev–Trinajstić information content (AvgIpc) is 2.92. The van der Waals surface area contributed by atoms with Gasteiger partial charge in [-0.3, -0.25) is 14.4 Å². The Balaban J connectivity index is 1.89. The maximum atomic E-state index is 12.9. The van der Waals surface area contributed by atoms with Gasteiger partial charge in [0.25, 0.3) is 0 Å². The second-order valence-electron chi connectivity index (χ2n) is 9.28. The van der Waals surface area contributed by atoms with Crippen LogP contribution in [0.2, 0.25) is 10.0 Å². The van der Waals surface area contributed by atoms with E-state index in [-0.39, 0.29) is 25.6 Å². The van der Waals surface area contributed by atoms with Crippen molar-refractivity contribution in [2.45, 2.75) is 58.5 Å². The summed E-state index contributed by atoms with van der Waals surface area (Å²) in [5, 5.41) is 8.25. The SMILES string of the molecule is CC(C)C(NC(=O)OCc1ccccc1)C(=O)N[C@@H](C)C(=O)N[C@@H](CC=O)C(=O)COCc1c(Cl)cccc1Cl. The third kappa shape index (κ3) is 10.6. The first kappa shape index (κ1) is 32.7. The number of rotatable bonds is 15. The number of hydrogen-bond donors (Lipinski definition) is 3. The number of benzene rings is 2. The lowest BCUT2D eigenvalue weighted by Gasteiger charge is -2.24. The molecule has 0 fully saturated rings. The van der Waals surface area contributed by atoms with Gasteiger partial charge in [-0.2, -0.15) is 0 Å². The average molecular weight is 594 g/mol. The predicted octanol–water partition coefficient (Wildman–Crippen LogP) is 3.61. The van der Waals surface area contributed by atoms with Crippen molar-refractivity contribution in [1.82, 2.24) is 16.0 Å². The summed E-state index contributed by atoms with van der Waals surface area (Å²) >= 11 is 12.2. The Hall–Kier alpha value is -3.47. The van der Waals surface area contributed by atoms with E-state index in [0.717, 1.165) is 5.56 Å². The lowest BCUT2D eigenvalue weighted by Crippen LogP contribution is -2.56. The fourth-order valence-electron chi connectivity index (χ4n) is 3.48. The van der Waals surface area contributed by atoms with Crippen LogP contribution in [-0.4, -0.2) is 54.7 Å². The molecule has 2 aromatic rings. The molecule has 12 heteroatoms. The van der Waals surface area contributed by atoms with Crippen LogP contribution in [-0.2, 0) is 41.9 Å². The first-order valence-electron chi connectivity index (χ1n) is 12.6. The minimum absolute atomic E-state index is 0.0270. The number of ether oxygens (including phenoxy) is 2. The van der Waals surface area contributed by atoms with Gasteiger partial charge in [0, 0.05) is 22.0 Å². The minimum atomic E-state index is -1.17. The lowest BCUT2D eigenvalue weighted by molar-refractivity contribution is -0.134. The molecule has 0 saturated carbocycles. The van der Waals surface area contributed by atoms with E-state index in [1.165, 1.54) is 6.92 Å². The summed E-state index contributed by atoms with van der Waals surface area (Å²) in [6.45, 7) is 4.43. The first-order chi connectivity index (χ1) is 19.0. The van der Waals surface area contributed by atoms with E-state index in [9.17, 15) is 24.0 Å². The van der Waals surface area contributed by atoms with E-state index in [4.69, 9.17) is 32.7 Å². The van der Waals surface area contributed by atoms with Crippen LogP contribution in [0.15, 0.2) is 48.5 Å². The lowest BCUT2D eigenvalue weighted by atomic mass is 10.0. The zero-order valence-corrected chi connectivity index (χ0v) is 24.0. The topological polar surface area (TPSA) is 140 Å². The molecule has 2 aromatic carbocycles. The number of carbonyl (C=O) groups excluding carboxylic acids is 5. The van der Waals surface area contributed by atoms with Crippen LogP contribution in [0.5, 0.6) is 0 Å². The highest BCUT2D eigenvalue weighted by atomic mass is 35.5. The molecule has 0 aliphatic heterocycles. The molecule has 0 spiro atoms. The second-order valence-corrected chi connectivity index (χ2v) is 10.1. The number of halogens is 2. The van der Waals surface area contributed by atoms with E-state index in [0.29, 0.717) is 21.9 Å². The van der Waals surface area contributed by atoms with Gasteiger partial charge in [0.1, 0.15) is 31.6 Å². The smallest absolute Gasteiger partial charge is 0.408 e. The molecule has 0 radical (unpaired) electrons. The zero-order chi connectivity index (χ0) is 29.7. The Kier molecular flexibility index (Phi) is 13.6. The summed E-state index contributed by atoms with van der Waals surface area (Å²) in [5.41, 5.74) is 1.29. The van der Waals surface area contributed by atoms with Crippen molar-refractivity contribution in [3.8, 4) is 0 Å². The molecule has 3 atom stereocenters. The van der Waals surface area contributed by atoms with Crippen LogP contribution in [0, 0.1) is 5.92 Å². The third-order valence-electron chi connectivity index (χ3n) is 5.78. The van der Waals surface area contributed by atoms with Crippen molar-refractivity contribution < 1.29 is 33.4 Å². The fraction of sp³-hybridized carbons (Fsp3) is 0.393.